The first-order chi connectivity index (χ1) is 9.27. The summed E-state index contributed by atoms with van der Waals surface area (Å²) in [6.45, 7) is 8.50. The maximum Gasteiger partial charge on any atom is 0.222 e. The van der Waals surface area contributed by atoms with Crippen LogP contribution in [0, 0.1) is 5.92 Å². The van der Waals surface area contributed by atoms with Crippen LogP contribution in [0.5, 0.6) is 11.5 Å². The van der Waals surface area contributed by atoms with Gasteiger partial charge in [0, 0.05) is 18.0 Å². The summed E-state index contributed by atoms with van der Waals surface area (Å²) in [5.74, 6) is 0.140. The van der Waals surface area contributed by atoms with Gasteiger partial charge in [0.05, 0.1) is 0 Å². The van der Waals surface area contributed by atoms with Crippen LogP contribution in [-0.2, 0) is 10.2 Å². The summed E-state index contributed by atoms with van der Waals surface area (Å²) >= 11 is 0. The van der Waals surface area contributed by atoms with E-state index in [1.54, 1.807) is 6.07 Å². The third kappa shape index (κ3) is 4.15. The SMILES string of the molecule is CCCNC(=O)C(C)CC(C)(C)c1cc(O)ccc1O. The van der Waals surface area contributed by atoms with Crippen LogP contribution in [0.25, 0.3) is 0 Å². The van der Waals surface area contributed by atoms with Gasteiger partial charge in [-0.25, -0.2) is 0 Å². The van der Waals surface area contributed by atoms with E-state index in [2.05, 4.69) is 5.32 Å². The van der Waals surface area contributed by atoms with Gasteiger partial charge in [-0.05, 0) is 36.5 Å². The number of phenols is 2. The second kappa shape index (κ2) is 6.64. The molecule has 1 aromatic rings. The number of amides is 1. The highest BCUT2D eigenvalue weighted by Gasteiger charge is 2.29. The van der Waals surface area contributed by atoms with Crippen molar-refractivity contribution in [1.29, 1.82) is 0 Å². The fourth-order valence-corrected chi connectivity index (χ4v) is 2.46. The van der Waals surface area contributed by atoms with Gasteiger partial charge < -0.3 is 15.5 Å². The summed E-state index contributed by atoms with van der Waals surface area (Å²) in [5, 5.41) is 22.4. The molecule has 0 heterocycles. The monoisotopic (exact) mass is 279 g/mol. The summed E-state index contributed by atoms with van der Waals surface area (Å²) in [5.41, 5.74) is 0.263. The highest BCUT2D eigenvalue weighted by atomic mass is 16.3. The summed E-state index contributed by atoms with van der Waals surface area (Å²) < 4.78 is 0. The Bertz CT molecular complexity index is 469. The number of nitrogens with one attached hydrogen (secondary N) is 1. The molecule has 112 valence electrons. The molecule has 4 heteroatoms. The Morgan fingerprint density at radius 3 is 2.60 bits per heavy atom. The maximum absolute atomic E-state index is 11.9. The minimum Gasteiger partial charge on any atom is -0.508 e. The van der Waals surface area contributed by atoms with Crippen LogP contribution in [0.15, 0.2) is 18.2 Å². The van der Waals surface area contributed by atoms with Crippen molar-refractivity contribution in [2.75, 3.05) is 6.54 Å². The predicted molar refractivity (Wildman–Crippen MR) is 79.9 cm³/mol. The van der Waals surface area contributed by atoms with Gasteiger partial charge in [-0.1, -0.05) is 27.7 Å². The molecule has 0 bridgehead atoms. The molecule has 1 rings (SSSR count). The lowest BCUT2D eigenvalue weighted by Crippen LogP contribution is -2.33. The average Bonchev–Trinajstić information content (AvgIpc) is 2.38. The van der Waals surface area contributed by atoms with E-state index in [9.17, 15) is 15.0 Å². The van der Waals surface area contributed by atoms with Crippen LogP contribution < -0.4 is 5.32 Å². The molecule has 0 saturated heterocycles. The molecule has 0 fully saturated rings. The summed E-state index contributed by atoms with van der Waals surface area (Å²) in [7, 11) is 0. The van der Waals surface area contributed by atoms with E-state index in [0.29, 0.717) is 18.5 Å². The molecule has 1 unspecified atom stereocenters. The van der Waals surface area contributed by atoms with Crippen LogP contribution in [0.2, 0.25) is 0 Å². The number of phenolic OH excluding ortho intramolecular Hbond substituents is 2. The smallest absolute Gasteiger partial charge is 0.222 e. The van der Waals surface area contributed by atoms with Gasteiger partial charge in [-0.15, -0.1) is 0 Å². The third-order valence-electron chi connectivity index (χ3n) is 3.52. The van der Waals surface area contributed by atoms with E-state index in [0.717, 1.165) is 6.42 Å². The molecule has 4 nitrogen and oxygen atoms in total. The fraction of sp³-hybridized carbons (Fsp3) is 0.562. The van der Waals surface area contributed by atoms with E-state index < -0.39 is 5.41 Å². The van der Waals surface area contributed by atoms with Gasteiger partial charge in [0.25, 0.3) is 0 Å². The predicted octanol–water partition coefficient (Wildman–Crippen LogP) is 2.93. The zero-order valence-corrected chi connectivity index (χ0v) is 12.7. The second-order valence-electron chi connectivity index (χ2n) is 5.98. The second-order valence-corrected chi connectivity index (χ2v) is 5.98. The molecule has 0 spiro atoms. The Morgan fingerprint density at radius 2 is 2.00 bits per heavy atom. The van der Waals surface area contributed by atoms with Gasteiger partial charge >= 0.3 is 0 Å². The van der Waals surface area contributed by atoms with Gasteiger partial charge in [0.1, 0.15) is 11.5 Å². The lowest BCUT2D eigenvalue weighted by atomic mass is 9.76. The van der Waals surface area contributed by atoms with E-state index in [1.165, 1.54) is 12.1 Å². The zero-order valence-electron chi connectivity index (χ0n) is 12.7. The van der Waals surface area contributed by atoms with Crippen LogP contribution in [0.3, 0.4) is 0 Å². The summed E-state index contributed by atoms with van der Waals surface area (Å²) in [4.78, 5) is 11.9. The van der Waals surface area contributed by atoms with Crippen molar-refractivity contribution in [2.45, 2.75) is 46.0 Å². The molecule has 0 aliphatic heterocycles. The number of rotatable bonds is 6. The number of aromatic hydroxyl groups is 2. The van der Waals surface area contributed by atoms with Gasteiger partial charge in [-0.2, -0.15) is 0 Å². The maximum atomic E-state index is 11.9. The van der Waals surface area contributed by atoms with Gasteiger partial charge in [0.15, 0.2) is 0 Å². The molecule has 20 heavy (non-hydrogen) atoms. The van der Waals surface area contributed by atoms with Crippen molar-refractivity contribution in [2.24, 2.45) is 5.92 Å². The molecule has 1 atom stereocenters. The number of benzene rings is 1. The highest BCUT2D eigenvalue weighted by Crippen LogP contribution is 2.37. The molecular weight excluding hydrogens is 254 g/mol. The fourth-order valence-electron chi connectivity index (χ4n) is 2.46. The normalized spacial score (nSPS) is 13.0. The molecule has 0 saturated carbocycles. The minimum absolute atomic E-state index is 0.0274. The summed E-state index contributed by atoms with van der Waals surface area (Å²) in [6, 6.07) is 4.49. The summed E-state index contributed by atoms with van der Waals surface area (Å²) in [6.07, 6.45) is 1.51. The molecule has 0 aliphatic carbocycles. The lowest BCUT2D eigenvalue weighted by molar-refractivity contribution is -0.125. The van der Waals surface area contributed by atoms with Crippen molar-refractivity contribution >= 4 is 5.91 Å². The Hall–Kier alpha value is -1.71. The Labute approximate surface area is 120 Å². The third-order valence-corrected chi connectivity index (χ3v) is 3.52. The molecule has 1 aromatic carbocycles. The van der Waals surface area contributed by atoms with Crippen LogP contribution in [0.4, 0.5) is 0 Å². The van der Waals surface area contributed by atoms with Gasteiger partial charge in [0.2, 0.25) is 5.91 Å². The Morgan fingerprint density at radius 1 is 1.35 bits per heavy atom. The quantitative estimate of drug-likeness (QED) is 0.701. The first kappa shape index (κ1) is 16.3. The standard InChI is InChI=1S/C16H25NO3/c1-5-8-17-15(20)11(2)10-16(3,4)13-9-12(18)6-7-14(13)19/h6-7,9,11,18-19H,5,8,10H2,1-4H3,(H,17,20). The first-order valence-electron chi connectivity index (χ1n) is 7.08. The Balaban J connectivity index is 2.83. The number of hydrogen-bond acceptors (Lipinski definition) is 3. The van der Waals surface area contributed by atoms with Crippen molar-refractivity contribution in [3.63, 3.8) is 0 Å². The highest BCUT2D eigenvalue weighted by molar-refractivity contribution is 5.78. The van der Waals surface area contributed by atoms with Crippen molar-refractivity contribution in [3.8, 4) is 11.5 Å². The van der Waals surface area contributed by atoms with Crippen LogP contribution in [-0.4, -0.2) is 22.7 Å². The van der Waals surface area contributed by atoms with E-state index >= 15 is 0 Å². The minimum atomic E-state index is -0.397. The van der Waals surface area contributed by atoms with E-state index in [-0.39, 0.29) is 23.3 Å². The molecule has 1 amide bonds. The number of carbonyl (C=O) groups excluding carboxylic acids is 1. The Kier molecular flexibility index (Phi) is 5.43. The first-order valence-corrected chi connectivity index (χ1v) is 7.08. The molecule has 0 aromatic heterocycles. The van der Waals surface area contributed by atoms with E-state index in [4.69, 9.17) is 0 Å². The van der Waals surface area contributed by atoms with E-state index in [1.807, 2.05) is 27.7 Å². The molecule has 0 aliphatic rings. The van der Waals surface area contributed by atoms with Crippen LogP contribution >= 0.6 is 0 Å². The molecular formula is C16H25NO3. The number of carbonyl (C=O) groups is 1. The molecule has 0 radical (unpaired) electrons. The topological polar surface area (TPSA) is 69.6 Å². The van der Waals surface area contributed by atoms with Crippen molar-refractivity contribution in [3.05, 3.63) is 23.8 Å². The average molecular weight is 279 g/mol. The largest absolute Gasteiger partial charge is 0.508 e. The zero-order chi connectivity index (χ0) is 15.3. The molecule has 3 N–H and O–H groups in total. The van der Waals surface area contributed by atoms with Crippen LogP contribution in [0.1, 0.15) is 46.1 Å². The van der Waals surface area contributed by atoms with Crippen molar-refractivity contribution in [1.82, 2.24) is 5.32 Å². The lowest BCUT2D eigenvalue weighted by Gasteiger charge is -2.29. The number of hydrogen-bond donors (Lipinski definition) is 3. The van der Waals surface area contributed by atoms with Crippen molar-refractivity contribution < 1.29 is 15.0 Å². The van der Waals surface area contributed by atoms with Gasteiger partial charge in [-0.3, -0.25) is 4.79 Å².